The first-order valence-electron chi connectivity index (χ1n) is 7.00. The van der Waals surface area contributed by atoms with Crippen LogP contribution in [0.5, 0.6) is 0 Å². The minimum absolute atomic E-state index is 0.220. The van der Waals surface area contributed by atoms with Crippen molar-refractivity contribution in [1.29, 1.82) is 0 Å². The van der Waals surface area contributed by atoms with Gasteiger partial charge in [0.25, 0.3) is 0 Å². The summed E-state index contributed by atoms with van der Waals surface area (Å²) in [5.41, 5.74) is 1.23. The second-order valence-corrected chi connectivity index (χ2v) is 6.06. The molecule has 0 amide bonds. The molecule has 1 atom stereocenters. The first-order chi connectivity index (χ1) is 9.81. The van der Waals surface area contributed by atoms with Gasteiger partial charge in [-0.1, -0.05) is 25.1 Å². The third-order valence-corrected chi connectivity index (χ3v) is 4.64. The Balaban J connectivity index is 1.95. The monoisotopic (exact) mass is 285 g/mol. The molecular weight excluding hydrogens is 266 g/mol. The highest BCUT2D eigenvalue weighted by Gasteiger charge is 2.16. The van der Waals surface area contributed by atoms with Gasteiger partial charge in [0.15, 0.2) is 0 Å². The van der Waals surface area contributed by atoms with E-state index in [9.17, 15) is 0 Å². The summed E-state index contributed by atoms with van der Waals surface area (Å²) in [6.07, 6.45) is 5.23. The highest BCUT2D eigenvalue weighted by Crippen LogP contribution is 2.32. The van der Waals surface area contributed by atoms with Gasteiger partial charge in [-0.25, -0.2) is 0 Å². The molecule has 1 N–H and O–H groups in total. The molecule has 1 unspecified atom stereocenters. The predicted molar refractivity (Wildman–Crippen MR) is 85.2 cm³/mol. The molecule has 0 aliphatic carbocycles. The summed E-state index contributed by atoms with van der Waals surface area (Å²) in [5, 5.41) is 9.16. The van der Waals surface area contributed by atoms with Crippen molar-refractivity contribution >= 4 is 21.4 Å². The van der Waals surface area contributed by atoms with Crippen LogP contribution in [0.4, 0.5) is 0 Å². The molecule has 0 saturated heterocycles. The molecule has 1 aromatic carbocycles. The standard InChI is InChI=1S/C16H19N3S/c1-3-8-19-11-13(10-18-19)16(17-2)15-9-12-6-4-5-7-14(12)20-15/h4-7,9-11,16-17H,3,8H2,1-2H3. The number of nitrogens with zero attached hydrogens (tertiary/aromatic N) is 2. The van der Waals surface area contributed by atoms with Gasteiger partial charge in [0.05, 0.1) is 12.2 Å². The van der Waals surface area contributed by atoms with Crippen LogP contribution in [-0.4, -0.2) is 16.8 Å². The summed E-state index contributed by atoms with van der Waals surface area (Å²) in [4.78, 5) is 1.34. The summed E-state index contributed by atoms with van der Waals surface area (Å²) in [6.45, 7) is 3.14. The molecule has 0 radical (unpaired) electrons. The molecule has 0 aliphatic heterocycles. The number of aromatic nitrogens is 2. The van der Waals surface area contributed by atoms with Crippen LogP contribution in [-0.2, 0) is 6.54 Å². The highest BCUT2D eigenvalue weighted by molar-refractivity contribution is 7.19. The zero-order valence-electron chi connectivity index (χ0n) is 11.8. The van der Waals surface area contributed by atoms with E-state index in [1.54, 1.807) is 0 Å². The van der Waals surface area contributed by atoms with Crippen LogP contribution < -0.4 is 5.32 Å². The fraction of sp³-hybridized carbons (Fsp3) is 0.312. The summed E-state index contributed by atoms with van der Waals surface area (Å²) >= 11 is 1.85. The Morgan fingerprint density at radius 3 is 2.95 bits per heavy atom. The number of aryl methyl sites for hydroxylation is 1. The molecule has 0 spiro atoms. The van der Waals surface area contributed by atoms with Gasteiger partial charge in [-0.15, -0.1) is 11.3 Å². The molecule has 0 saturated carbocycles. The van der Waals surface area contributed by atoms with E-state index in [0.717, 1.165) is 13.0 Å². The second kappa shape index (κ2) is 5.77. The molecule has 20 heavy (non-hydrogen) atoms. The minimum Gasteiger partial charge on any atom is -0.309 e. The maximum atomic E-state index is 4.44. The van der Waals surface area contributed by atoms with E-state index >= 15 is 0 Å². The van der Waals surface area contributed by atoms with Gasteiger partial charge in [-0.05, 0) is 31.0 Å². The van der Waals surface area contributed by atoms with Gasteiger partial charge < -0.3 is 5.32 Å². The number of thiophene rings is 1. The zero-order chi connectivity index (χ0) is 13.9. The number of rotatable bonds is 5. The molecule has 3 rings (SSSR count). The molecule has 3 aromatic rings. The van der Waals surface area contributed by atoms with Gasteiger partial charge >= 0.3 is 0 Å². The smallest absolute Gasteiger partial charge is 0.0700 e. The van der Waals surface area contributed by atoms with Gasteiger partial charge in [0.2, 0.25) is 0 Å². The van der Waals surface area contributed by atoms with E-state index in [-0.39, 0.29) is 6.04 Å². The number of benzene rings is 1. The van der Waals surface area contributed by atoms with Gasteiger partial charge in [0.1, 0.15) is 0 Å². The summed E-state index contributed by atoms with van der Waals surface area (Å²) < 4.78 is 3.36. The Hall–Kier alpha value is -1.65. The third kappa shape index (κ3) is 2.49. The average molecular weight is 285 g/mol. The third-order valence-electron chi connectivity index (χ3n) is 3.46. The number of hydrogen-bond donors (Lipinski definition) is 1. The zero-order valence-corrected chi connectivity index (χ0v) is 12.7. The van der Waals surface area contributed by atoms with Crippen LogP contribution >= 0.6 is 11.3 Å². The predicted octanol–water partition coefficient (Wildman–Crippen LogP) is 3.82. The van der Waals surface area contributed by atoms with Crippen LogP contribution in [0.2, 0.25) is 0 Å². The molecule has 0 fully saturated rings. The summed E-state index contributed by atoms with van der Waals surface area (Å²) in [5.74, 6) is 0. The molecular formula is C16H19N3S. The van der Waals surface area contributed by atoms with E-state index < -0.39 is 0 Å². The Morgan fingerprint density at radius 2 is 2.20 bits per heavy atom. The Bertz CT molecular complexity index is 665. The van der Waals surface area contributed by atoms with Crippen molar-refractivity contribution in [1.82, 2.24) is 15.1 Å². The van der Waals surface area contributed by atoms with Gasteiger partial charge in [0, 0.05) is 27.9 Å². The van der Waals surface area contributed by atoms with Crippen molar-refractivity contribution in [2.24, 2.45) is 0 Å². The first kappa shape index (κ1) is 13.3. The molecule has 104 valence electrons. The van der Waals surface area contributed by atoms with Crippen molar-refractivity contribution in [2.45, 2.75) is 25.9 Å². The van der Waals surface area contributed by atoms with E-state index in [1.807, 2.05) is 29.3 Å². The lowest BCUT2D eigenvalue weighted by atomic mass is 10.1. The van der Waals surface area contributed by atoms with Crippen molar-refractivity contribution in [2.75, 3.05) is 7.05 Å². The van der Waals surface area contributed by atoms with E-state index in [4.69, 9.17) is 0 Å². The first-order valence-corrected chi connectivity index (χ1v) is 7.81. The number of fused-ring (bicyclic) bond motifs is 1. The molecule has 2 aromatic heterocycles. The van der Waals surface area contributed by atoms with Crippen LogP contribution in [0.15, 0.2) is 42.7 Å². The van der Waals surface area contributed by atoms with Crippen molar-refractivity contribution in [3.05, 3.63) is 53.2 Å². The Kier molecular flexibility index (Phi) is 3.85. The van der Waals surface area contributed by atoms with Crippen molar-refractivity contribution < 1.29 is 0 Å². The normalized spacial score (nSPS) is 12.9. The van der Waals surface area contributed by atoms with Crippen LogP contribution in [0.1, 0.15) is 29.8 Å². The van der Waals surface area contributed by atoms with Crippen LogP contribution in [0.3, 0.4) is 0 Å². The SMILES string of the molecule is CCCn1cc(C(NC)c2cc3ccccc3s2)cn1. The maximum Gasteiger partial charge on any atom is 0.0700 e. The van der Waals surface area contributed by atoms with E-state index in [1.165, 1.54) is 20.5 Å². The lowest BCUT2D eigenvalue weighted by Crippen LogP contribution is -2.15. The fourth-order valence-corrected chi connectivity index (χ4v) is 3.70. The van der Waals surface area contributed by atoms with Crippen LogP contribution in [0, 0.1) is 0 Å². The molecule has 4 heteroatoms. The Morgan fingerprint density at radius 1 is 1.35 bits per heavy atom. The summed E-state index contributed by atoms with van der Waals surface area (Å²) in [7, 11) is 2.01. The maximum absolute atomic E-state index is 4.44. The van der Waals surface area contributed by atoms with E-state index in [2.05, 4.69) is 53.9 Å². The summed E-state index contributed by atoms with van der Waals surface area (Å²) in [6, 6.07) is 11.0. The number of hydrogen-bond acceptors (Lipinski definition) is 3. The quantitative estimate of drug-likeness (QED) is 0.772. The average Bonchev–Trinajstić information content (AvgIpc) is 3.07. The molecule has 3 nitrogen and oxygen atoms in total. The second-order valence-electron chi connectivity index (χ2n) is 4.95. The largest absolute Gasteiger partial charge is 0.309 e. The van der Waals surface area contributed by atoms with Crippen LogP contribution in [0.25, 0.3) is 10.1 Å². The highest BCUT2D eigenvalue weighted by atomic mass is 32.1. The van der Waals surface area contributed by atoms with Gasteiger partial charge in [-0.3, -0.25) is 4.68 Å². The van der Waals surface area contributed by atoms with E-state index in [0.29, 0.717) is 0 Å². The lowest BCUT2D eigenvalue weighted by molar-refractivity contribution is 0.600. The van der Waals surface area contributed by atoms with Crippen molar-refractivity contribution in [3.8, 4) is 0 Å². The fourth-order valence-electron chi connectivity index (χ4n) is 2.50. The topological polar surface area (TPSA) is 29.9 Å². The van der Waals surface area contributed by atoms with Gasteiger partial charge in [-0.2, -0.15) is 5.10 Å². The lowest BCUT2D eigenvalue weighted by Gasteiger charge is -2.11. The van der Waals surface area contributed by atoms with Crippen molar-refractivity contribution in [3.63, 3.8) is 0 Å². The Labute approximate surface area is 123 Å². The molecule has 0 aliphatic rings. The minimum atomic E-state index is 0.220. The molecule has 0 bridgehead atoms. The molecule has 2 heterocycles. The number of nitrogens with one attached hydrogen (secondary N) is 1.